The molecule has 0 fully saturated rings. The summed E-state index contributed by atoms with van der Waals surface area (Å²) in [5.41, 5.74) is 2.16. The zero-order valence-electron chi connectivity index (χ0n) is 12.7. The van der Waals surface area contributed by atoms with Crippen LogP contribution in [-0.2, 0) is 0 Å². The first kappa shape index (κ1) is 14.5. The summed E-state index contributed by atoms with van der Waals surface area (Å²) in [6.45, 7) is 0. The highest BCUT2D eigenvalue weighted by atomic mass is 32.1. The highest BCUT2D eigenvalue weighted by Crippen LogP contribution is 2.28. The second kappa shape index (κ2) is 5.82. The summed E-state index contributed by atoms with van der Waals surface area (Å²) >= 11 is 1.49. The van der Waals surface area contributed by atoms with Crippen molar-refractivity contribution in [1.82, 2.24) is 25.2 Å². The van der Waals surface area contributed by atoms with Gasteiger partial charge in [0.15, 0.2) is 5.13 Å². The summed E-state index contributed by atoms with van der Waals surface area (Å²) in [4.78, 5) is 18.9. The number of amides is 1. The largest absolute Gasteiger partial charge is 0.287 e. The SMILES string of the molecule is CN(C(=O)c1cccc(-n2cnnn2)c1)c1nc2ccccc2s1. The van der Waals surface area contributed by atoms with E-state index in [-0.39, 0.29) is 5.91 Å². The maximum absolute atomic E-state index is 12.8. The Morgan fingerprint density at radius 3 is 2.83 bits per heavy atom. The first-order valence-corrected chi connectivity index (χ1v) is 8.01. The van der Waals surface area contributed by atoms with Gasteiger partial charge in [0, 0.05) is 12.6 Å². The predicted octanol–water partition coefficient (Wildman–Crippen LogP) is 2.55. The van der Waals surface area contributed by atoms with Crippen molar-refractivity contribution in [2.24, 2.45) is 0 Å². The number of benzene rings is 2. The number of aromatic nitrogens is 5. The van der Waals surface area contributed by atoms with Crippen LogP contribution in [-0.4, -0.2) is 38.1 Å². The third kappa shape index (κ3) is 2.52. The molecule has 0 saturated carbocycles. The molecule has 0 spiro atoms. The third-order valence-electron chi connectivity index (χ3n) is 3.58. The Morgan fingerprint density at radius 2 is 2.04 bits per heavy atom. The molecule has 0 saturated heterocycles. The second-order valence-electron chi connectivity index (χ2n) is 5.13. The Hall–Kier alpha value is -3.13. The van der Waals surface area contributed by atoms with Crippen LogP contribution in [0.25, 0.3) is 15.9 Å². The number of rotatable bonds is 3. The molecule has 118 valence electrons. The van der Waals surface area contributed by atoms with Crippen LogP contribution in [0.2, 0.25) is 0 Å². The van der Waals surface area contributed by atoms with Crippen molar-refractivity contribution in [3.8, 4) is 5.69 Å². The number of hydrogen-bond donors (Lipinski definition) is 0. The summed E-state index contributed by atoms with van der Waals surface area (Å²) in [5, 5.41) is 11.7. The van der Waals surface area contributed by atoms with Crippen molar-refractivity contribution in [2.45, 2.75) is 0 Å². The van der Waals surface area contributed by atoms with Gasteiger partial charge in [-0.25, -0.2) is 9.67 Å². The van der Waals surface area contributed by atoms with E-state index in [4.69, 9.17) is 0 Å². The lowest BCUT2D eigenvalue weighted by Gasteiger charge is -2.14. The Labute approximate surface area is 141 Å². The van der Waals surface area contributed by atoms with E-state index in [1.54, 1.807) is 30.1 Å². The average Bonchev–Trinajstić information content (AvgIpc) is 3.30. The number of hydrogen-bond acceptors (Lipinski definition) is 6. The molecule has 0 aliphatic rings. The number of thiazole rings is 1. The van der Waals surface area contributed by atoms with Crippen LogP contribution in [0, 0.1) is 0 Å². The van der Waals surface area contributed by atoms with Crippen LogP contribution in [0.5, 0.6) is 0 Å². The number of fused-ring (bicyclic) bond motifs is 1. The number of tetrazole rings is 1. The molecule has 0 unspecified atom stereocenters. The van der Waals surface area contributed by atoms with Gasteiger partial charge in [0.05, 0.1) is 15.9 Å². The van der Waals surface area contributed by atoms with Crippen molar-refractivity contribution >= 4 is 32.6 Å². The van der Waals surface area contributed by atoms with Crippen LogP contribution < -0.4 is 4.90 Å². The van der Waals surface area contributed by atoms with Gasteiger partial charge in [0.1, 0.15) is 6.33 Å². The monoisotopic (exact) mass is 336 g/mol. The van der Waals surface area contributed by atoms with E-state index < -0.39 is 0 Å². The lowest BCUT2D eigenvalue weighted by molar-refractivity contribution is 0.0993. The molecular formula is C16H12N6OS. The maximum atomic E-state index is 12.8. The quantitative estimate of drug-likeness (QED) is 0.574. The van der Waals surface area contributed by atoms with E-state index in [2.05, 4.69) is 20.5 Å². The van der Waals surface area contributed by atoms with Gasteiger partial charge < -0.3 is 0 Å². The van der Waals surface area contributed by atoms with Crippen LogP contribution in [0.3, 0.4) is 0 Å². The molecule has 4 aromatic rings. The smallest absolute Gasteiger partial charge is 0.259 e. The normalized spacial score (nSPS) is 10.9. The molecule has 4 rings (SSSR count). The number of para-hydroxylation sites is 1. The fraction of sp³-hybridized carbons (Fsp3) is 0.0625. The first-order valence-electron chi connectivity index (χ1n) is 7.19. The van der Waals surface area contributed by atoms with Crippen LogP contribution in [0.4, 0.5) is 5.13 Å². The van der Waals surface area contributed by atoms with Crippen molar-refractivity contribution < 1.29 is 4.79 Å². The zero-order valence-corrected chi connectivity index (χ0v) is 13.5. The summed E-state index contributed by atoms with van der Waals surface area (Å²) in [7, 11) is 1.73. The van der Waals surface area contributed by atoms with Gasteiger partial charge in [0.25, 0.3) is 5.91 Å². The lowest BCUT2D eigenvalue weighted by Crippen LogP contribution is -2.26. The molecule has 0 bridgehead atoms. The molecule has 0 radical (unpaired) electrons. The summed E-state index contributed by atoms with van der Waals surface area (Å²) in [6, 6.07) is 15.0. The number of carbonyl (C=O) groups excluding carboxylic acids is 1. The Morgan fingerprint density at radius 1 is 1.17 bits per heavy atom. The number of nitrogens with zero attached hydrogens (tertiary/aromatic N) is 6. The van der Waals surface area contributed by atoms with E-state index in [0.29, 0.717) is 10.7 Å². The van der Waals surface area contributed by atoms with E-state index in [1.807, 2.05) is 30.3 Å². The van der Waals surface area contributed by atoms with Crippen LogP contribution in [0.1, 0.15) is 10.4 Å². The van der Waals surface area contributed by atoms with Gasteiger partial charge in [-0.15, -0.1) is 5.10 Å². The summed E-state index contributed by atoms with van der Waals surface area (Å²) < 4.78 is 2.56. The van der Waals surface area contributed by atoms with Gasteiger partial charge in [-0.1, -0.05) is 29.5 Å². The van der Waals surface area contributed by atoms with Crippen molar-refractivity contribution in [2.75, 3.05) is 11.9 Å². The van der Waals surface area contributed by atoms with E-state index >= 15 is 0 Å². The summed E-state index contributed by atoms with van der Waals surface area (Å²) in [5.74, 6) is -0.135. The van der Waals surface area contributed by atoms with Crippen molar-refractivity contribution in [3.05, 3.63) is 60.4 Å². The van der Waals surface area contributed by atoms with E-state index in [0.717, 1.165) is 15.9 Å². The van der Waals surface area contributed by atoms with Crippen LogP contribution >= 0.6 is 11.3 Å². The standard InChI is InChI=1S/C16H12N6OS/c1-21(16-18-13-7-2-3-8-14(13)24-16)15(23)11-5-4-6-12(9-11)22-10-17-19-20-22/h2-10H,1H3. The molecule has 0 aliphatic heterocycles. The highest BCUT2D eigenvalue weighted by molar-refractivity contribution is 7.22. The number of carbonyl (C=O) groups is 1. The molecule has 2 aromatic heterocycles. The molecule has 8 heteroatoms. The van der Waals surface area contributed by atoms with Crippen LogP contribution in [0.15, 0.2) is 54.9 Å². The summed E-state index contributed by atoms with van der Waals surface area (Å²) in [6.07, 6.45) is 1.49. The Kier molecular flexibility index (Phi) is 3.51. The second-order valence-corrected chi connectivity index (χ2v) is 6.14. The van der Waals surface area contributed by atoms with Gasteiger partial charge in [-0.2, -0.15) is 0 Å². The van der Waals surface area contributed by atoms with Gasteiger partial charge >= 0.3 is 0 Å². The molecule has 2 aromatic carbocycles. The average molecular weight is 336 g/mol. The minimum atomic E-state index is -0.135. The number of anilines is 1. The topological polar surface area (TPSA) is 76.8 Å². The molecular weight excluding hydrogens is 324 g/mol. The Balaban J connectivity index is 1.66. The van der Waals surface area contributed by atoms with E-state index in [1.165, 1.54) is 22.3 Å². The fourth-order valence-corrected chi connectivity index (χ4v) is 3.27. The first-order chi connectivity index (χ1) is 11.7. The lowest BCUT2D eigenvalue weighted by atomic mass is 10.2. The van der Waals surface area contributed by atoms with Gasteiger partial charge in [-0.3, -0.25) is 9.69 Å². The zero-order chi connectivity index (χ0) is 16.5. The molecule has 0 aliphatic carbocycles. The Bertz CT molecular complexity index is 977. The molecule has 0 atom stereocenters. The molecule has 1 amide bonds. The fourth-order valence-electron chi connectivity index (χ4n) is 2.35. The molecule has 2 heterocycles. The third-order valence-corrected chi connectivity index (χ3v) is 4.69. The van der Waals surface area contributed by atoms with E-state index in [9.17, 15) is 4.79 Å². The molecule has 7 nitrogen and oxygen atoms in total. The van der Waals surface area contributed by atoms with Gasteiger partial charge in [0.2, 0.25) is 0 Å². The van der Waals surface area contributed by atoms with Crippen molar-refractivity contribution in [3.63, 3.8) is 0 Å². The molecule has 24 heavy (non-hydrogen) atoms. The minimum absolute atomic E-state index is 0.135. The highest BCUT2D eigenvalue weighted by Gasteiger charge is 2.17. The predicted molar refractivity (Wildman–Crippen MR) is 91.5 cm³/mol. The van der Waals surface area contributed by atoms with Gasteiger partial charge in [-0.05, 0) is 40.8 Å². The molecule has 0 N–H and O–H groups in total. The van der Waals surface area contributed by atoms with Crippen molar-refractivity contribution in [1.29, 1.82) is 0 Å². The maximum Gasteiger partial charge on any atom is 0.259 e. The minimum Gasteiger partial charge on any atom is -0.287 e.